The minimum absolute atomic E-state index is 0.0150. The molecule has 2 aromatic rings. The largest absolute Gasteiger partial charge is 0.380 e. The van der Waals surface area contributed by atoms with Crippen molar-refractivity contribution in [3.63, 3.8) is 0 Å². The molecule has 1 fully saturated rings. The van der Waals surface area contributed by atoms with Crippen LogP contribution in [0.1, 0.15) is 40.5 Å². The van der Waals surface area contributed by atoms with Gasteiger partial charge in [0, 0.05) is 56.3 Å². The van der Waals surface area contributed by atoms with Crippen molar-refractivity contribution in [3.05, 3.63) is 40.7 Å². The summed E-state index contributed by atoms with van der Waals surface area (Å²) in [6.07, 6.45) is 4.40. The van der Waals surface area contributed by atoms with Crippen LogP contribution in [0.5, 0.6) is 0 Å². The van der Waals surface area contributed by atoms with E-state index in [-0.39, 0.29) is 35.3 Å². The zero-order valence-electron chi connectivity index (χ0n) is 22.7. The Labute approximate surface area is 233 Å². The zero-order chi connectivity index (χ0) is 29.0. The van der Waals surface area contributed by atoms with E-state index in [1.165, 1.54) is 17.2 Å². The number of hydrogen-bond donors (Lipinski definition) is 2. The van der Waals surface area contributed by atoms with E-state index in [1.807, 2.05) is 24.1 Å². The quantitative estimate of drug-likeness (QED) is 0.442. The number of rotatable bonds is 8. The molecule has 0 unspecified atom stereocenters. The molecule has 0 spiro atoms. The molecule has 14 heteroatoms. The van der Waals surface area contributed by atoms with Gasteiger partial charge in [0.25, 0.3) is 0 Å². The number of aldehydes is 1. The fourth-order valence-electron chi connectivity index (χ4n) is 4.85. The molecule has 4 heterocycles. The highest BCUT2D eigenvalue weighted by Crippen LogP contribution is 2.29. The number of nitriles is 1. The molecule has 0 aromatic carbocycles. The first kappa shape index (κ1) is 28.9. The minimum Gasteiger partial charge on any atom is -0.380 e. The monoisotopic (exact) mass is 568 g/mol. The number of pyridine rings is 2. The van der Waals surface area contributed by atoms with Crippen molar-refractivity contribution in [3.8, 4) is 6.07 Å². The first-order chi connectivity index (χ1) is 19.0. The number of aryl methyl sites for hydroxylation is 1. The van der Waals surface area contributed by atoms with Gasteiger partial charge in [-0.1, -0.05) is 0 Å². The van der Waals surface area contributed by atoms with Crippen molar-refractivity contribution >= 4 is 45.4 Å². The molecular weight excluding hydrogens is 536 g/mol. The van der Waals surface area contributed by atoms with E-state index in [9.17, 15) is 28.1 Å². The van der Waals surface area contributed by atoms with Crippen LogP contribution >= 0.6 is 0 Å². The highest BCUT2D eigenvalue weighted by Gasteiger charge is 2.28. The number of urea groups is 1. The summed E-state index contributed by atoms with van der Waals surface area (Å²) in [6.45, 7) is 3.94. The molecule has 0 radical (unpaired) electrons. The lowest BCUT2D eigenvalue weighted by Gasteiger charge is -2.33. The van der Waals surface area contributed by atoms with Gasteiger partial charge in [0.2, 0.25) is 5.91 Å². The molecule has 40 heavy (non-hydrogen) atoms. The second-order valence-electron chi connectivity index (χ2n) is 10.2. The van der Waals surface area contributed by atoms with Crippen LogP contribution in [0.2, 0.25) is 0 Å². The summed E-state index contributed by atoms with van der Waals surface area (Å²) < 4.78 is 23.3. The van der Waals surface area contributed by atoms with E-state index in [0.717, 1.165) is 18.4 Å². The van der Waals surface area contributed by atoms with Crippen LogP contribution in [0, 0.1) is 11.3 Å². The van der Waals surface area contributed by atoms with Crippen LogP contribution in [0.15, 0.2) is 18.3 Å². The van der Waals surface area contributed by atoms with Gasteiger partial charge in [-0.3, -0.25) is 24.7 Å². The molecule has 2 aromatic heterocycles. The van der Waals surface area contributed by atoms with E-state index >= 15 is 0 Å². The number of aromatic nitrogens is 2. The summed E-state index contributed by atoms with van der Waals surface area (Å²) in [6, 6.07) is 4.33. The van der Waals surface area contributed by atoms with Crippen LogP contribution in [0.4, 0.5) is 22.1 Å². The summed E-state index contributed by atoms with van der Waals surface area (Å²) in [7, 11) is -1.36. The number of nitrogens with one attached hydrogen (secondary N) is 2. The van der Waals surface area contributed by atoms with E-state index in [1.54, 1.807) is 11.8 Å². The standard InChI is InChI=1S/C26H32N8O5S/c1-17(16-40(3,38)39)29-21-10-23(28-12-20(21)11-27)31-26(37)34-6-4-5-18-9-19(22(15-35)30-25(18)34)13-33-8-7-32(2)14-24(33)36/h9-10,12,15,17H,4-8,13-14,16H2,1-3H3,(H2,28,29,31,37)/t17-/m1/s1. The molecule has 0 bridgehead atoms. The topological polar surface area (TPSA) is 169 Å². The van der Waals surface area contributed by atoms with Crippen LogP contribution in [-0.2, 0) is 27.6 Å². The molecule has 0 aliphatic carbocycles. The lowest BCUT2D eigenvalue weighted by atomic mass is 10.0. The molecule has 1 saturated heterocycles. The Bertz CT molecular complexity index is 1470. The molecule has 3 amide bonds. The Morgan fingerprint density at radius 1 is 1.27 bits per heavy atom. The third kappa shape index (κ3) is 6.91. The Balaban J connectivity index is 1.54. The number of nitrogens with zero attached hydrogens (tertiary/aromatic N) is 6. The predicted octanol–water partition coefficient (Wildman–Crippen LogP) is 1.26. The molecule has 4 rings (SSSR count). The lowest BCUT2D eigenvalue weighted by Crippen LogP contribution is -2.48. The highest BCUT2D eigenvalue weighted by molar-refractivity contribution is 7.90. The fourth-order valence-corrected chi connectivity index (χ4v) is 5.85. The van der Waals surface area contributed by atoms with Crippen LogP contribution in [-0.4, -0.2) is 97.7 Å². The number of amides is 3. The Morgan fingerprint density at radius 2 is 2.05 bits per heavy atom. The van der Waals surface area contributed by atoms with Crippen LogP contribution in [0.25, 0.3) is 0 Å². The van der Waals surface area contributed by atoms with Crippen molar-refractivity contribution in [1.29, 1.82) is 5.26 Å². The number of likely N-dealkylation sites (N-methyl/N-ethyl adjacent to an activating group) is 1. The second kappa shape index (κ2) is 12.0. The van der Waals surface area contributed by atoms with Crippen molar-refractivity contribution < 1.29 is 22.8 Å². The fraction of sp³-hybridized carbons (Fsp3) is 0.462. The minimum atomic E-state index is -3.25. The number of piperazine rings is 1. The van der Waals surface area contributed by atoms with Crippen molar-refractivity contribution in [2.75, 3.05) is 60.8 Å². The predicted molar refractivity (Wildman–Crippen MR) is 149 cm³/mol. The maximum atomic E-state index is 13.3. The number of carbonyl (C=O) groups excluding carboxylic acids is 3. The molecular formula is C26H32N8O5S. The number of anilines is 3. The van der Waals surface area contributed by atoms with Gasteiger partial charge in [-0.25, -0.2) is 23.2 Å². The highest BCUT2D eigenvalue weighted by atomic mass is 32.2. The smallest absolute Gasteiger partial charge is 0.328 e. The van der Waals surface area contributed by atoms with Gasteiger partial charge < -0.3 is 10.2 Å². The summed E-state index contributed by atoms with van der Waals surface area (Å²) in [5.41, 5.74) is 2.15. The van der Waals surface area contributed by atoms with Gasteiger partial charge in [0.1, 0.15) is 33.2 Å². The van der Waals surface area contributed by atoms with Gasteiger partial charge in [-0.05, 0) is 38.4 Å². The molecule has 0 saturated carbocycles. The van der Waals surface area contributed by atoms with E-state index in [2.05, 4.69) is 20.6 Å². The first-order valence-electron chi connectivity index (χ1n) is 12.8. The Kier molecular flexibility index (Phi) is 8.65. The third-order valence-corrected chi connectivity index (χ3v) is 7.82. The van der Waals surface area contributed by atoms with Gasteiger partial charge >= 0.3 is 6.03 Å². The average molecular weight is 569 g/mol. The van der Waals surface area contributed by atoms with Gasteiger partial charge in [0.15, 0.2) is 6.29 Å². The SMILES string of the molecule is C[C@H](CS(C)(=O)=O)Nc1cc(NC(=O)N2CCCc3cc(CN4CCN(C)CC4=O)c(C=O)nc32)ncc1C#N. The summed E-state index contributed by atoms with van der Waals surface area (Å²) >= 11 is 0. The number of fused-ring (bicyclic) bond motifs is 1. The van der Waals surface area contributed by atoms with Gasteiger partial charge in [-0.2, -0.15) is 5.26 Å². The summed E-state index contributed by atoms with van der Waals surface area (Å²) in [5.74, 6) is 0.375. The van der Waals surface area contributed by atoms with Crippen molar-refractivity contribution in [1.82, 2.24) is 19.8 Å². The van der Waals surface area contributed by atoms with Crippen molar-refractivity contribution in [2.24, 2.45) is 0 Å². The third-order valence-electron chi connectivity index (χ3n) is 6.72. The molecule has 1 atom stereocenters. The average Bonchev–Trinajstić information content (AvgIpc) is 2.88. The van der Waals surface area contributed by atoms with Crippen LogP contribution < -0.4 is 15.5 Å². The summed E-state index contributed by atoms with van der Waals surface area (Å²) in [4.78, 5) is 51.5. The summed E-state index contributed by atoms with van der Waals surface area (Å²) in [5, 5.41) is 15.2. The number of hydrogen-bond acceptors (Lipinski definition) is 10. The van der Waals surface area contributed by atoms with Gasteiger partial charge in [-0.15, -0.1) is 0 Å². The molecule has 2 aliphatic rings. The maximum absolute atomic E-state index is 13.3. The lowest BCUT2D eigenvalue weighted by molar-refractivity contribution is -0.136. The van der Waals surface area contributed by atoms with Gasteiger partial charge in [0.05, 0.1) is 23.5 Å². The number of carbonyl (C=O) groups is 3. The van der Waals surface area contributed by atoms with E-state index < -0.39 is 21.9 Å². The molecule has 13 nitrogen and oxygen atoms in total. The normalized spacial score (nSPS) is 16.6. The molecule has 2 aliphatic heterocycles. The van der Waals surface area contributed by atoms with Crippen molar-refractivity contribution in [2.45, 2.75) is 32.4 Å². The Morgan fingerprint density at radius 3 is 2.73 bits per heavy atom. The number of sulfone groups is 1. The maximum Gasteiger partial charge on any atom is 0.328 e. The van der Waals surface area contributed by atoms with E-state index in [0.29, 0.717) is 55.8 Å². The Hall–Kier alpha value is -4.09. The van der Waals surface area contributed by atoms with Crippen LogP contribution in [0.3, 0.4) is 0 Å². The molecule has 212 valence electrons. The zero-order valence-corrected chi connectivity index (χ0v) is 23.5. The van der Waals surface area contributed by atoms with E-state index in [4.69, 9.17) is 0 Å². The first-order valence-corrected chi connectivity index (χ1v) is 14.9. The second-order valence-corrected chi connectivity index (χ2v) is 12.4. The molecule has 2 N–H and O–H groups in total.